The minimum atomic E-state index is -0.761. The van der Waals surface area contributed by atoms with Crippen LogP contribution in [0.1, 0.15) is 31.4 Å². The molecule has 0 aliphatic rings. The Morgan fingerprint density at radius 2 is 1.41 bits per heavy atom. The summed E-state index contributed by atoms with van der Waals surface area (Å²) in [6.45, 7) is 3.88. The summed E-state index contributed by atoms with van der Waals surface area (Å²) in [5.41, 5.74) is 1.78. The van der Waals surface area contributed by atoms with Gasteiger partial charge in [0.05, 0.1) is 21.3 Å². The summed E-state index contributed by atoms with van der Waals surface area (Å²) in [7, 11) is 4.68. The number of rotatable bonds is 14. The molecule has 2 amide bonds. The van der Waals surface area contributed by atoms with E-state index in [-0.39, 0.29) is 31.0 Å². The molecule has 8 heteroatoms. The number of carbonyl (C=O) groups is 2. The van der Waals surface area contributed by atoms with E-state index in [0.717, 1.165) is 17.5 Å². The zero-order valence-corrected chi connectivity index (χ0v) is 23.3. The molecular formula is C31H38N2O6. The zero-order chi connectivity index (χ0) is 28.2. The molecule has 3 aromatic rings. The molecule has 8 nitrogen and oxygen atoms in total. The van der Waals surface area contributed by atoms with Crippen molar-refractivity contribution in [3.05, 3.63) is 83.9 Å². The van der Waals surface area contributed by atoms with Crippen LogP contribution < -0.4 is 24.3 Å². The van der Waals surface area contributed by atoms with Crippen molar-refractivity contribution in [1.82, 2.24) is 10.2 Å². The van der Waals surface area contributed by atoms with E-state index in [2.05, 4.69) is 5.32 Å². The molecule has 0 fully saturated rings. The van der Waals surface area contributed by atoms with Crippen molar-refractivity contribution in [2.45, 2.75) is 45.3 Å². The molecule has 208 valence electrons. The van der Waals surface area contributed by atoms with E-state index in [1.165, 1.54) is 0 Å². The third-order valence-electron chi connectivity index (χ3n) is 6.45. The second kappa shape index (κ2) is 14.7. The fourth-order valence-corrected chi connectivity index (χ4v) is 4.06. The Labute approximate surface area is 230 Å². The Kier molecular flexibility index (Phi) is 11.0. The van der Waals surface area contributed by atoms with Gasteiger partial charge in [-0.1, -0.05) is 49.4 Å². The molecule has 0 saturated heterocycles. The number of methoxy groups -OCH3 is 3. The number of nitrogens with one attached hydrogen (secondary N) is 1. The summed E-state index contributed by atoms with van der Waals surface area (Å²) in [5.74, 6) is 1.63. The summed E-state index contributed by atoms with van der Waals surface area (Å²) >= 11 is 0. The molecule has 0 heterocycles. The first-order chi connectivity index (χ1) is 18.9. The second-order valence-electron chi connectivity index (χ2n) is 9.23. The van der Waals surface area contributed by atoms with Crippen LogP contribution in [0.5, 0.6) is 23.0 Å². The average Bonchev–Trinajstić information content (AvgIpc) is 2.97. The van der Waals surface area contributed by atoms with E-state index < -0.39 is 6.04 Å². The molecule has 39 heavy (non-hydrogen) atoms. The van der Waals surface area contributed by atoms with E-state index in [0.29, 0.717) is 29.4 Å². The number of nitrogens with zero attached hydrogens (tertiary/aromatic N) is 1. The summed E-state index contributed by atoms with van der Waals surface area (Å²) in [4.78, 5) is 29.0. The predicted molar refractivity (Wildman–Crippen MR) is 150 cm³/mol. The van der Waals surface area contributed by atoms with E-state index in [1.807, 2.05) is 68.4 Å². The normalized spacial score (nSPS) is 12.1. The monoisotopic (exact) mass is 534 g/mol. The van der Waals surface area contributed by atoms with Gasteiger partial charge in [-0.3, -0.25) is 9.59 Å². The summed E-state index contributed by atoms with van der Waals surface area (Å²) in [5, 5.41) is 3.07. The topological polar surface area (TPSA) is 86.3 Å². The van der Waals surface area contributed by atoms with Crippen LogP contribution in [0, 0.1) is 0 Å². The molecule has 0 bridgehead atoms. The van der Waals surface area contributed by atoms with Gasteiger partial charge in [0.1, 0.15) is 29.0 Å². The average molecular weight is 535 g/mol. The van der Waals surface area contributed by atoms with Gasteiger partial charge in [-0.05, 0) is 36.6 Å². The number of benzene rings is 3. The summed E-state index contributed by atoms with van der Waals surface area (Å²) in [6, 6.07) is 21.4. The number of amides is 2. The minimum Gasteiger partial charge on any atom is -0.497 e. The molecule has 0 aromatic heterocycles. The van der Waals surface area contributed by atoms with Crippen LogP contribution in [0.4, 0.5) is 0 Å². The fraction of sp³-hybridized carbons (Fsp3) is 0.355. The lowest BCUT2D eigenvalue weighted by molar-refractivity contribution is -0.143. The SMILES string of the molecule is CC[C@H](C)NC(=O)[C@@H](Cc1ccccc1)N(Cc1cccc(OC)c1)C(=O)COc1cc(OC)cc(OC)c1. The highest BCUT2D eigenvalue weighted by Crippen LogP contribution is 2.27. The molecule has 0 aliphatic carbocycles. The molecule has 0 radical (unpaired) electrons. The van der Waals surface area contributed by atoms with E-state index in [9.17, 15) is 9.59 Å². The molecule has 3 rings (SSSR count). The van der Waals surface area contributed by atoms with E-state index in [1.54, 1.807) is 44.4 Å². The van der Waals surface area contributed by atoms with Gasteiger partial charge in [0, 0.05) is 37.2 Å². The highest BCUT2D eigenvalue weighted by Gasteiger charge is 2.31. The standard InChI is InChI=1S/C31H38N2O6/c1-6-22(2)32-31(35)29(16-23-11-8-7-9-12-23)33(20-24-13-10-14-25(15-24)36-3)30(34)21-39-28-18-26(37-4)17-27(19-28)38-5/h7-15,17-19,22,29H,6,16,20-21H2,1-5H3,(H,32,35)/t22-,29+/m0/s1. The molecule has 2 atom stereocenters. The maximum Gasteiger partial charge on any atom is 0.261 e. The third kappa shape index (κ3) is 8.67. The Morgan fingerprint density at radius 1 is 0.795 bits per heavy atom. The first-order valence-electron chi connectivity index (χ1n) is 13.0. The van der Waals surface area contributed by atoms with Crippen LogP contribution in [0.2, 0.25) is 0 Å². The van der Waals surface area contributed by atoms with Crippen LogP contribution >= 0.6 is 0 Å². The van der Waals surface area contributed by atoms with Crippen molar-refractivity contribution in [3.8, 4) is 23.0 Å². The molecule has 0 unspecified atom stereocenters. The van der Waals surface area contributed by atoms with E-state index in [4.69, 9.17) is 18.9 Å². The van der Waals surface area contributed by atoms with Crippen LogP contribution in [-0.2, 0) is 22.6 Å². The van der Waals surface area contributed by atoms with Gasteiger partial charge < -0.3 is 29.2 Å². The van der Waals surface area contributed by atoms with Gasteiger partial charge in [0.2, 0.25) is 5.91 Å². The van der Waals surface area contributed by atoms with Crippen molar-refractivity contribution in [3.63, 3.8) is 0 Å². The van der Waals surface area contributed by atoms with Gasteiger partial charge in [0.25, 0.3) is 5.91 Å². The van der Waals surface area contributed by atoms with Crippen molar-refractivity contribution < 1.29 is 28.5 Å². The van der Waals surface area contributed by atoms with Crippen LogP contribution in [0.15, 0.2) is 72.8 Å². The Morgan fingerprint density at radius 3 is 2.03 bits per heavy atom. The molecule has 3 aromatic carbocycles. The number of carbonyl (C=O) groups excluding carboxylic acids is 2. The smallest absolute Gasteiger partial charge is 0.261 e. The Balaban J connectivity index is 1.94. The summed E-state index contributed by atoms with van der Waals surface area (Å²) in [6.07, 6.45) is 1.13. The highest BCUT2D eigenvalue weighted by molar-refractivity contribution is 5.88. The van der Waals surface area contributed by atoms with Crippen molar-refractivity contribution in [2.75, 3.05) is 27.9 Å². The van der Waals surface area contributed by atoms with Crippen molar-refractivity contribution in [2.24, 2.45) is 0 Å². The fourth-order valence-electron chi connectivity index (χ4n) is 4.06. The maximum atomic E-state index is 13.8. The van der Waals surface area contributed by atoms with Crippen molar-refractivity contribution in [1.29, 1.82) is 0 Å². The number of ether oxygens (including phenoxy) is 4. The van der Waals surface area contributed by atoms with Gasteiger partial charge in [-0.2, -0.15) is 0 Å². The number of hydrogen-bond donors (Lipinski definition) is 1. The summed E-state index contributed by atoms with van der Waals surface area (Å²) < 4.78 is 21.9. The van der Waals surface area contributed by atoms with Gasteiger partial charge in [0.15, 0.2) is 6.61 Å². The Bertz CT molecular complexity index is 1190. The third-order valence-corrected chi connectivity index (χ3v) is 6.45. The van der Waals surface area contributed by atoms with Crippen LogP contribution in [0.25, 0.3) is 0 Å². The molecule has 0 saturated carbocycles. The van der Waals surface area contributed by atoms with Crippen LogP contribution in [0.3, 0.4) is 0 Å². The lowest BCUT2D eigenvalue weighted by Crippen LogP contribution is -2.53. The first kappa shape index (κ1) is 29.4. The zero-order valence-electron chi connectivity index (χ0n) is 23.3. The first-order valence-corrected chi connectivity index (χ1v) is 13.0. The molecule has 0 spiro atoms. The molecular weight excluding hydrogens is 496 g/mol. The van der Waals surface area contributed by atoms with Gasteiger partial charge in [-0.15, -0.1) is 0 Å². The number of hydrogen-bond acceptors (Lipinski definition) is 6. The van der Waals surface area contributed by atoms with E-state index >= 15 is 0 Å². The highest BCUT2D eigenvalue weighted by atomic mass is 16.5. The Hall–Kier alpha value is -4.20. The lowest BCUT2D eigenvalue weighted by Gasteiger charge is -2.32. The second-order valence-corrected chi connectivity index (χ2v) is 9.23. The largest absolute Gasteiger partial charge is 0.497 e. The predicted octanol–water partition coefficient (Wildman–Crippen LogP) is 4.65. The van der Waals surface area contributed by atoms with Gasteiger partial charge in [-0.25, -0.2) is 0 Å². The quantitative estimate of drug-likeness (QED) is 0.324. The van der Waals surface area contributed by atoms with Gasteiger partial charge >= 0.3 is 0 Å². The molecule has 0 aliphatic heterocycles. The lowest BCUT2D eigenvalue weighted by atomic mass is 10.0. The van der Waals surface area contributed by atoms with Crippen LogP contribution in [-0.4, -0.2) is 56.7 Å². The van der Waals surface area contributed by atoms with Crippen molar-refractivity contribution >= 4 is 11.8 Å². The molecule has 1 N–H and O–H groups in total. The maximum absolute atomic E-state index is 13.8. The minimum absolute atomic E-state index is 0.0370.